The highest BCUT2D eigenvalue weighted by molar-refractivity contribution is 8.39. The molecule has 25 heavy (non-hydrogen) atoms. The quantitative estimate of drug-likeness (QED) is 0.760. The SMILES string of the molecule is CCN(CC)S(=O)(=O)c1ccc(C)c(NC(=O)CSC2=NCCS2)c1. The number of nitrogens with one attached hydrogen (secondary N) is 1. The Morgan fingerprint density at radius 3 is 2.68 bits per heavy atom. The Labute approximate surface area is 157 Å². The lowest BCUT2D eigenvalue weighted by molar-refractivity contribution is -0.113. The summed E-state index contributed by atoms with van der Waals surface area (Å²) >= 11 is 3.07. The average Bonchev–Trinajstić information content (AvgIpc) is 3.09. The minimum atomic E-state index is -3.55. The lowest BCUT2D eigenvalue weighted by Gasteiger charge is -2.19. The van der Waals surface area contributed by atoms with E-state index in [0.717, 1.165) is 22.2 Å². The highest BCUT2D eigenvalue weighted by atomic mass is 32.2. The number of aliphatic imine (C=N–C) groups is 1. The Kier molecular flexibility index (Phi) is 7.36. The minimum absolute atomic E-state index is 0.166. The van der Waals surface area contributed by atoms with E-state index in [4.69, 9.17) is 0 Å². The Morgan fingerprint density at radius 2 is 2.08 bits per heavy atom. The van der Waals surface area contributed by atoms with Crippen LogP contribution in [0.5, 0.6) is 0 Å². The van der Waals surface area contributed by atoms with Crippen LogP contribution in [0.2, 0.25) is 0 Å². The molecule has 0 saturated carbocycles. The van der Waals surface area contributed by atoms with Gasteiger partial charge in [0, 0.05) is 24.5 Å². The molecule has 0 fully saturated rings. The van der Waals surface area contributed by atoms with Gasteiger partial charge in [-0.2, -0.15) is 4.31 Å². The summed E-state index contributed by atoms with van der Waals surface area (Å²) in [7, 11) is -3.55. The highest BCUT2D eigenvalue weighted by Crippen LogP contribution is 2.25. The van der Waals surface area contributed by atoms with Gasteiger partial charge in [0.15, 0.2) is 0 Å². The van der Waals surface area contributed by atoms with Crippen LogP contribution < -0.4 is 5.32 Å². The normalized spacial score (nSPS) is 14.6. The lowest BCUT2D eigenvalue weighted by atomic mass is 10.2. The molecule has 0 radical (unpaired) electrons. The van der Waals surface area contributed by atoms with E-state index >= 15 is 0 Å². The molecule has 6 nitrogen and oxygen atoms in total. The number of hydrogen-bond donors (Lipinski definition) is 1. The maximum Gasteiger partial charge on any atom is 0.243 e. The van der Waals surface area contributed by atoms with E-state index in [1.165, 1.54) is 22.1 Å². The van der Waals surface area contributed by atoms with E-state index in [1.54, 1.807) is 37.7 Å². The molecule has 0 bridgehead atoms. The number of amides is 1. The number of carbonyl (C=O) groups excluding carboxylic acids is 1. The molecule has 2 rings (SSSR count). The third kappa shape index (κ3) is 5.22. The van der Waals surface area contributed by atoms with Gasteiger partial charge in [0.25, 0.3) is 0 Å². The van der Waals surface area contributed by atoms with Gasteiger partial charge < -0.3 is 5.32 Å². The van der Waals surface area contributed by atoms with Crippen molar-refractivity contribution in [2.45, 2.75) is 25.7 Å². The fourth-order valence-electron chi connectivity index (χ4n) is 2.33. The fraction of sp³-hybridized carbons (Fsp3) is 0.500. The molecular formula is C16H23N3O3S3. The zero-order valence-corrected chi connectivity index (χ0v) is 17.1. The second kappa shape index (κ2) is 9.07. The Bertz CT molecular complexity index is 759. The molecule has 0 aromatic heterocycles. The van der Waals surface area contributed by atoms with E-state index < -0.39 is 10.0 Å². The van der Waals surface area contributed by atoms with Crippen molar-refractivity contribution in [3.05, 3.63) is 23.8 Å². The molecule has 1 aliphatic heterocycles. The molecule has 1 aliphatic rings. The molecule has 0 atom stereocenters. The van der Waals surface area contributed by atoms with Crippen LogP contribution in [0.15, 0.2) is 28.1 Å². The van der Waals surface area contributed by atoms with Gasteiger partial charge in [-0.25, -0.2) is 8.42 Å². The molecule has 0 unspecified atom stereocenters. The Morgan fingerprint density at radius 1 is 1.36 bits per heavy atom. The molecule has 9 heteroatoms. The minimum Gasteiger partial charge on any atom is -0.325 e. The van der Waals surface area contributed by atoms with Gasteiger partial charge in [-0.3, -0.25) is 9.79 Å². The summed E-state index contributed by atoms with van der Waals surface area (Å²) in [5.41, 5.74) is 1.35. The Balaban J connectivity index is 2.11. The van der Waals surface area contributed by atoms with Gasteiger partial charge in [-0.05, 0) is 24.6 Å². The number of hydrogen-bond acceptors (Lipinski definition) is 6. The Hall–Kier alpha value is -1.03. The van der Waals surface area contributed by atoms with Crippen molar-refractivity contribution in [2.24, 2.45) is 4.99 Å². The first-order valence-electron chi connectivity index (χ1n) is 8.09. The van der Waals surface area contributed by atoms with Crippen molar-refractivity contribution >= 4 is 49.5 Å². The van der Waals surface area contributed by atoms with Crippen LogP contribution in [-0.2, 0) is 14.8 Å². The monoisotopic (exact) mass is 401 g/mol. The second-order valence-electron chi connectivity index (χ2n) is 5.40. The fourth-order valence-corrected chi connectivity index (χ4v) is 5.62. The molecule has 1 amide bonds. The van der Waals surface area contributed by atoms with Crippen LogP contribution in [0.25, 0.3) is 0 Å². The van der Waals surface area contributed by atoms with Crippen molar-refractivity contribution in [1.29, 1.82) is 0 Å². The van der Waals surface area contributed by atoms with Crippen LogP contribution >= 0.6 is 23.5 Å². The van der Waals surface area contributed by atoms with Gasteiger partial charge in [-0.15, -0.1) is 0 Å². The van der Waals surface area contributed by atoms with Crippen LogP contribution in [0.4, 0.5) is 5.69 Å². The number of sulfonamides is 1. The lowest BCUT2D eigenvalue weighted by Crippen LogP contribution is -2.30. The van der Waals surface area contributed by atoms with Crippen LogP contribution in [0.3, 0.4) is 0 Å². The average molecular weight is 402 g/mol. The van der Waals surface area contributed by atoms with E-state index in [1.807, 2.05) is 6.92 Å². The van der Waals surface area contributed by atoms with Gasteiger partial charge in [0.1, 0.15) is 4.38 Å². The van der Waals surface area contributed by atoms with Crippen molar-refractivity contribution < 1.29 is 13.2 Å². The molecule has 1 aromatic carbocycles. The molecular weight excluding hydrogens is 378 g/mol. The van der Waals surface area contributed by atoms with Crippen molar-refractivity contribution in [2.75, 3.05) is 36.5 Å². The van der Waals surface area contributed by atoms with E-state index in [2.05, 4.69) is 10.3 Å². The molecule has 0 saturated heterocycles. The molecule has 1 heterocycles. The molecule has 138 valence electrons. The van der Waals surface area contributed by atoms with E-state index in [9.17, 15) is 13.2 Å². The molecule has 0 aliphatic carbocycles. The van der Waals surface area contributed by atoms with Gasteiger partial charge in [-0.1, -0.05) is 43.4 Å². The molecule has 1 N–H and O–H groups in total. The van der Waals surface area contributed by atoms with E-state index in [-0.39, 0.29) is 16.6 Å². The third-order valence-electron chi connectivity index (χ3n) is 3.71. The van der Waals surface area contributed by atoms with Gasteiger partial charge in [0.2, 0.25) is 15.9 Å². The summed E-state index contributed by atoms with van der Waals surface area (Å²) in [5, 5.41) is 2.81. The highest BCUT2D eigenvalue weighted by Gasteiger charge is 2.22. The number of carbonyl (C=O) groups is 1. The summed E-state index contributed by atoms with van der Waals surface area (Å²) in [6.07, 6.45) is 0. The van der Waals surface area contributed by atoms with Crippen molar-refractivity contribution in [3.63, 3.8) is 0 Å². The number of aryl methyl sites for hydroxylation is 1. The number of anilines is 1. The van der Waals surface area contributed by atoms with E-state index in [0.29, 0.717) is 18.8 Å². The standard InChI is InChI=1S/C16H23N3O3S3/c1-4-19(5-2)25(21,22)13-7-6-12(3)14(10-13)18-15(20)11-24-16-17-8-9-23-16/h6-7,10H,4-5,8-9,11H2,1-3H3,(H,18,20). The third-order valence-corrected chi connectivity index (χ3v) is 8.01. The molecule has 1 aromatic rings. The van der Waals surface area contributed by atoms with Crippen molar-refractivity contribution in [3.8, 4) is 0 Å². The zero-order chi connectivity index (χ0) is 18.4. The first-order chi connectivity index (χ1) is 11.9. The predicted molar refractivity (Wildman–Crippen MR) is 107 cm³/mol. The summed E-state index contributed by atoms with van der Waals surface area (Å²) in [5.74, 6) is 1.06. The zero-order valence-electron chi connectivity index (χ0n) is 14.6. The van der Waals surface area contributed by atoms with Crippen LogP contribution in [0.1, 0.15) is 19.4 Å². The maximum absolute atomic E-state index is 12.6. The maximum atomic E-state index is 12.6. The number of thioether (sulfide) groups is 2. The predicted octanol–water partition coefficient (Wildman–Crippen LogP) is 2.80. The topological polar surface area (TPSA) is 78.8 Å². The van der Waals surface area contributed by atoms with Crippen LogP contribution in [-0.4, -0.2) is 54.1 Å². The van der Waals surface area contributed by atoms with Crippen molar-refractivity contribution in [1.82, 2.24) is 4.31 Å². The first-order valence-corrected chi connectivity index (χ1v) is 11.5. The second-order valence-corrected chi connectivity index (χ2v) is 9.64. The summed E-state index contributed by atoms with van der Waals surface area (Å²) in [6, 6.07) is 4.83. The first kappa shape index (κ1) is 20.3. The summed E-state index contributed by atoms with van der Waals surface area (Å²) in [4.78, 5) is 16.7. The molecule has 0 spiro atoms. The van der Waals surface area contributed by atoms with Gasteiger partial charge >= 0.3 is 0 Å². The number of rotatable bonds is 7. The number of benzene rings is 1. The van der Waals surface area contributed by atoms with Crippen LogP contribution in [0, 0.1) is 6.92 Å². The smallest absolute Gasteiger partial charge is 0.243 e. The van der Waals surface area contributed by atoms with Gasteiger partial charge in [0.05, 0.1) is 17.2 Å². The summed E-state index contributed by atoms with van der Waals surface area (Å²) < 4.78 is 27.6. The summed E-state index contributed by atoms with van der Waals surface area (Å²) in [6.45, 7) is 7.07. The number of nitrogens with zero attached hydrogens (tertiary/aromatic N) is 2. The largest absolute Gasteiger partial charge is 0.325 e.